The Morgan fingerprint density at radius 1 is 1.25 bits per heavy atom. The van der Waals surface area contributed by atoms with Crippen LogP contribution in [0, 0.1) is 17.0 Å². The molecule has 0 aliphatic rings. The van der Waals surface area contributed by atoms with Crippen LogP contribution in [0.25, 0.3) is 0 Å². The maximum absolute atomic E-state index is 11.0. The highest BCUT2D eigenvalue weighted by Gasteiger charge is 2.17. The predicted octanol–water partition coefficient (Wildman–Crippen LogP) is 3.84. The van der Waals surface area contributed by atoms with Crippen LogP contribution in [0.4, 0.5) is 5.69 Å². The van der Waals surface area contributed by atoms with Gasteiger partial charge in [0.1, 0.15) is 5.75 Å². The number of nitrogens with zero attached hydrogens (tertiary/aromatic N) is 1. The van der Waals surface area contributed by atoms with Crippen LogP contribution in [0.3, 0.4) is 0 Å². The Kier molecular flexibility index (Phi) is 4.22. The van der Waals surface area contributed by atoms with Crippen LogP contribution in [0.1, 0.15) is 11.1 Å². The lowest BCUT2D eigenvalue weighted by atomic mass is 10.2. The summed E-state index contributed by atoms with van der Waals surface area (Å²) in [4.78, 5) is 10.5. The summed E-state index contributed by atoms with van der Waals surface area (Å²) in [5.74, 6) is 0.617. The van der Waals surface area contributed by atoms with Crippen LogP contribution in [0.2, 0.25) is 5.02 Å². The molecular weight excluding hydrogens is 282 g/mol. The zero-order chi connectivity index (χ0) is 14.7. The van der Waals surface area contributed by atoms with Gasteiger partial charge in [0.05, 0.1) is 11.5 Å². The molecule has 0 saturated heterocycles. The van der Waals surface area contributed by atoms with E-state index in [1.54, 1.807) is 31.2 Å². The summed E-state index contributed by atoms with van der Waals surface area (Å²) < 4.78 is 5.57. The number of aliphatic hydroxyl groups excluding tert-OH is 1. The van der Waals surface area contributed by atoms with E-state index in [4.69, 9.17) is 21.4 Å². The van der Waals surface area contributed by atoms with Gasteiger partial charge >= 0.3 is 5.69 Å². The van der Waals surface area contributed by atoms with Gasteiger partial charge < -0.3 is 9.84 Å². The van der Waals surface area contributed by atoms with Gasteiger partial charge in [-0.25, -0.2) is 0 Å². The average Bonchev–Trinajstić information content (AvgIpc) is 2.42. The van der Waals surface area contributed by atoms with Crippen molar-refractivity contribution < 1.29 is 14.8 Å². The lowest BCUT2D eigenvalue weighted by Crippen LogP contribution is -1.96. The SMILES string of the molecule is Cc1cc(Cl)ccc1Oc1ccc(CO)cc1[N+](=O)[O-]. The summed E-state index contributed by atoms with van der Waals surface area (Å²) in [7, 11) is 0. The van der Waals surface area contributed by atoms with Crippen molar-refractivity contribution in [2.75, 3.05) is 0 Å². The van der Waals surface area contributed by atoms with E-state index in [1.165, 1.54) is 12.1 Å². The number of halogens is 1. The monoisotopic (exact) mass is 293 g/mol. The fourth-order valence-corrected chi connectivity index (χ4v) is 1.96. The second-order valence-corrected chi connectivity index (χ2v) is 4.67. The first-order chi connectivity index (χ1) is 9.51. The van der Waals surface area contributed by atoms with Gasteiger partial charge in [-0.05, 0) is 42.3 Å². The first-order valence-corrected chi connectivity index (χ1v) is 6.21. The lowest BCUT2D eigenvalue weighted by molar-refractivity contribution is -0.385. The Morgan fingerprint density at radius 2 is 1.95 bits per heavy atom. The van der Waals surface area contributed by atoms with E-state index in [1.807, 2.05) is 0 Å². The summed E-state index contributed by atoms with van der Waals surface area (Å²) in [6.45, 7) is 1.54. The molecule has 0 amide bonds. The lowest BCUT2D eigenvalue weighted by Gasteiger charge is -2.10. The molecule has 104 valence electrons. The molecular formula is C14H12ClNO4. The summed E-state index contributed by atoms with van der Waals surface area (Å²) in [6.07, 6.45) is 0. The summed E-state index contributed by atoms with van der Waals surface area (Å²) in [5.41, 5.74) is 1.04. The maximum atomic E-state index is 11.0. The topological polar surface area (TPSA) is 72.6 Å². The molecule has 0 heterocycles. The molecule has 0 aliphatic heterocycles. The molecule has 0 spiro atoms. The number of hydrogen-bond donors (Lipinski definition) is 1. The highest BCUT2D eigenvalue weighted by Crippen LogP contribution is 2.34. The van der Waals surface area contributed by atoms with Crippen LogP contribution in [-0.4, -0.2) is 10.0 Å². The molecule has 2 aromatic rings. The molecule has 5 nitrogen and oxygen atoms in total. The molecule has 0 radical (unpaired) electrons. The number of hydrogen-bond acceptors (Lipinski definition) is 4. The number of benzene rings is 2. The van der Waals surface area contributed by atoms with Crippen molar-refractivity contribution in [3.8, 4) is 11.5 Å². The molecule has 2 aromatic carbocycles. The van der Waals surface area contributed by atoms with Gasteiger partial charge in [-0.3, -0.25) is 10.1 Å². The van der Waals surface area contributed by atoms with Crippen LogP contribution < -0.4 is 4.74 Å². The van der Waals surface area contributed by atoms with Crippen molar-refractivity contribution in [2.24, 2.45) is 0 Å². The third-order valence-corrected chi connectivity index (χ3v) is 2.99. The number of nitro benzene ring substituents is 1. The van der Waals surface area contributed by atoms with E-state index in [9.17, 15) is 10.1 Å². The number of nitro groups is 1. The number of rotatable bonds is 4. The zero-order valence-electron chi connectivity index (χ0n) is 10.7. The Bertz CT molecular complexity index is 658. The zero-order valence-corrected chi connectivity index (χ0v) is 11.4. The highest BCUT2D eigenvalue weighted by atomic mass is 35.5. The molecule has 0 bridgehead atoms. The minimum atomic E-state index is -0.542. The third kappa shape index (κ3) is 3.07. The van der Waals surface area contributed by atoms with Crippen molar-refractivity contribution in [1.29, 1.82) is 0 Å². The minimum Gasteiger partial charge on any atom is -0.450 e. The number of aliphatic hydroxyl groups is 1. The molecule has 1 N–H and O–H groups in total. The molecule has 2 rings (SSSR count). The van der Waals surface area contributed by atoms with Crippen LogP contribution >= 0.6 is 11.6 Å². The predicted molar refractivity (Wildman–Crippen MR) is 75.3 cm³/mol. The Hall–Kier alpha value is -2.11. The second kappa shape index (κ2) is 5.90. The highest BCUT2D eigenvalue weighted by molar-refractivity contribution is 6.30. The fourth-order valence-electron chi connectivity index (χ4n) is 1.74. The fraction of sp³-hybridized carbons (Fsp3) is 0.143. The van der Waals surface area contributed by atoms with E-state index in [0.29, 0.717) is 16.3 Å². The quantitative estimate of drug-likeness (QED) is 0.686. The van der Waals surface area contributed by atoms with Crippen molar-refractivity contribution in [2.45, 2.75) is 13.5 Å². The molecule has 0 atom stereocenters. The molecule has 0 unspecified atom stereocenters. The summed E-state index contributed by atoms with van der Waals surface area (Å²) in [6, 6.07) is 9.36. The van der Waals surface area contributed by atoms with E-state index >= 15 is 0 Å². The molecule has 0 aromatic heterocycles. The van der Waals surface area contributed by atoms with Crippen LogP contribution in [0.15, 0.2) is 36.4 Å². The summed E-state index contributed by atoms with van der Waals surface area (Å²) in [5, 5.41) is 20.6. The Labute approximate surface area is 120 Å². The maximum Gasteiger partial charge on any atom is 0.311 e. The van der Waals surface area contributed by atoms with Crippen molar-refractivity contribution in [3.05, 3.63) is 62.7 Å². The summed E-state index contributed by atoms with van der Waals surface area (Å²) >= 11 is 5.85. The van der Waals surface area contributed by atoms with E-state index in [0.717, 1.165) is 5.56 Å². The third-order valence-electron chi connectivity index (χ3n) is 2.76. The largest absolute Gasteiger partial charge is 0.450 e. The number of ether oxygens (including phenoxy) is 1. The van der Waals surface area contributed by atoms with E-state index in [2.05, 4.69) is 0 Å². The normalized spacial score (nSPS) is 10.3. The molecule has 0 fully saturated rings. The second-order valence-electron chi connectivity index (χ2n) is 4.23. The molecule has 0 aliphatic carbocycles. The smallest absolute Gasteiger partial charge is 0.311 e. The van der Waals surface area contributed by atoms with Gasteiger partial charge in [-0.1, -0.05) is 17.7 Å². The van der Waals surface area contributed by atoms with Gasteiger partial charge in [0.25, 0.3) is 0 Å². The Balaban J connectivity index is 2.40. The molecule has 0 saturated carbocycles. The van der Waals surface area contributed by atoms with Crippen molar-refractivity contribution in [3.63, 3.8) is 0 Å². The van der Waals surface area contributed by atoms with Gasteiger partial charge in [-0.15, -0.1) is 0 Å². The minimum absolute atomic E-state index is 0.123. The van der Waals surface area contributed by atoms with Gasteiger partial charge in [0.2, 0.25) is 5.75 Å². The average molecular weight is 294 g/mol. The van der Waals surface area contributed by atoms with Crippen LogP contribution in [-0.2, 0) is 6.61 Å². The Morgan fingerprint density at radius 3 is 2.55 bits per heavy atom. The molecule has 6 heteroatoms. The first-order valence-electron chi connectivity index (χ1n) is 5.83. The van der Waals surface area contributed by atoms with Gasteiger partial charge in [0, 0.05) is 11.1 Å². The van der Waals surface area contributed by atoms with Gasteiger partial charge in [-0.2, -0.15) is 0 Å². The number of aryl methyl sites for hydroxylation is 1. The van der Waals surface area contributed by atoms with Crippen molar-refractivity contribution >= 4 is 17.3 Å². The first kappa shape index (κ1) is 14.3. The van der Waals surface area contributed by atoms with Crippen LogP contribution in [0.5, 0.6) is 11.5 Å². The standard InChI is InChI=1S/C14H12ClNO4/c1-9-6-11(15)3-5-13(9)20-14-4-2-10(8-17)7-12(14)16(18)19/h2-7,17H,8H2,1H3. The van der Waals surface area contributed by atoms with Gasteiger partial charge in [0.15, 0.2) is 0 Å². The van der Waals surface area contributed by atoms with E-state index < -0.39 is 4.92 Å². The van der Waals surface area contributed by atoms with E-state index in [-0.39, 0.29) is 18.0 Å². The molecule has 20 heavy (non-hydrogen) atoms. The van der Waals surface area contributed by atoms with Crippen molar-refractivity contribution in [1.82, 2.24) is 0 Å².